The van der Waals surface area contributed by atoms with E-state index in [0.29, 0.717) is 29.9 Å². The smallest absolute Gasteiger partial charge is 0.228 e. The van der Waals surface area contributed by atoms with Gasteiger partial charge < -0.3 is 10.6 Å². The van der Waals surface area contributed by atoms with Gasteiger partial charge in [-0.05, 0) is 31.2 Å². The second-order valence-electron chi connectivity index (χ2n) is 7.90. The highest BCUT2D eigenvalue weighted by Gasteiger charge is 2.55. The zero-order valence-corrected chi connectivity index (χ0v) is 16.0. The lowest BCUT2D eigenvalue weighted by Gasteiger charge is -2.35. The highest BCUT2D eigenvalue weighted by atomic mass is 16.2. The Morgan fingerprint density at radius 1 is 1.21 bits per heavy atom. The van der Waals surface area contributed by atoms with Gasteiger partial charge in [-0.2, -0.15) is 5.10 Å². The van der Waals surface area contributed by atoms with E-state index in [9.17, 15) is 4.79 Å². The van der Waals surface area contributed by atoms with E-state index in [4.69, 9.17) is 0 Å². The molecule has 1 aromatic carbocycles. The number of benzene rings is 1. The first-order valence-corrected chi connectivity index (χ1v) is 9.99. The van der Waals surface area contributed by atoms with Crippen molar-refractivity contribution < 1.29 is 4.79 Å². The van der Waals surface area contributed by atoms with Gasteiger partial charge in [-0.25, -0.2) is 9.97 Å². The van der Waals surface area contributed by atoms with Crippen LogP contribution >= 0.6 is 0 Å². The number of carbonyl (C=O) groups excluding carboxylic acids is 1. The zero-order valence-electron chi connectivity index (χ0n) is 16.0. The Morgan fingerprint density at radius 2 is 2.10 bits per heavy atom. The molecule has 0 saturated carbocycles. The molecule has 2 aliphatic rings. The summed E-state index contributed by atoms with van der Waals surface area (Å²) in [6.07, 6.45) is 8.63. The van der Waals surface area contributed by atoms with Crippen LogP contribution in [0.25, 0.3) is 11.5 Å². The normalized spacial score (nSPS) is 25.2. The van der Waals surface area contributed by atoms with Crippen molar-refractivity contribution >= 4 is 5.91 Å². The number of aromatic amines is 1. The molecule has 0 spiro atoms. The van der Waals surface area contributed by atoms with E-state index in [2.05, 4.69) is 47.9 Å². The molecule has 148 valence electrons. The van der Waals surface area contributed by atoms with Gasteiger partial charge >= 0.3 is 0 Å². The molecule has 0 aliphatic carbocycles. The van der Waals surface area contributed by atoms with Gasteiger partial charge in [0.25, 0.3) is 0 Å². The van der Waals surface area contributed by atoms with Crippen molar-refractivity contribution in [2.75, 3.05) is 0 Å². The largest absolute Gasteiger partial charge is 0.348 e. The topological polar surface area (TPSA) is 108 Å². The quantitative estimate of drug-likeness (QED) is 0.591. The second kappa shape index (κ2) is 7.36. The summed E-state index contributed by atoms with van der Waals surface area (Å²) in [5.74, 6) is 1.16. The number of nitrogens with one attached hydrogen (secondary N) is 3. The van der Waals surface area contributed by atoms with Gasteiger partial charge in [0.1, 0.15) is 11.5 Å². The van der Waals surface area contributed by atoms with Crippen LogP contribution in [0.15, 0.2) is 48.9 Å². The maximum Gasteiger partial charge on any atom is 0.228 e. The van der Waals surface area contributed by atoms with Crippen molar-refractivity contribution in [1.82, 2.24) is 35.8 Å². The highest BCUT2D eigenvalue weighted by molar-refractivity contribution is 5.84. The van der Waals surface area contributed by atoms with Gasteiger partial charge in [0.2, 0.25) is 11.7 Å². The third-order valence-corrected chi connectivity index (χ3v) is 6.07. The molecular weight excluding hydrogens is 366 g/mol. The van der Waals surface area contributed by atoms with E-state index >= 15 is 0 Å². The molecule has 3 aromatic rings. The lowest BCUT2D eigenvalue weighted by atomic mass is 9.69. The third-order valence-electron chi connectivity index (χ3n) is 6.07. The van der Waals surface area contributed by atoms with Gasteiger partial charge in [0.05, 0.1) is 18.2 Å². The molecule has 2 saturated heterocycles. The maximum absolute atomic E-state index is 13.4. The number of rotatable bonds is 6. The van der Waals surface area contributed by atoms with Crippen LogP contribution in [0.2, 0.25) is 0 Å². The van der Waals surface area contributed by atoms with E-state index in [1.807, 2.05) is 18.2 Å². The average Bonchev–Trinajstić information content (AvgIpc) is 3.50. The molecule has 1 amide bonds. The van der Waals surface area contributed by atoms with E-state index in [-0.39, 0.29) is 11.9 Å². The number of hydrogen-bond donors (Lipinski definition) is 3. The molecular formula is C21H23N7O. The van der Waals surface area contributed by atoms with Gasteiger partial charge in [-0.3, -0.25) is 14.9 Å². The highest BCUT2D eigenvalue weighted by Crippen LogP contribution is 2.46. The molecule has 8 heteroatoms. The van der Waals surface area contributed by atoms with Crippen LogP contribution in [0.1, 0.15) is 30.7 Å². The molecule has 4 heterocycles. The summed E-state index contributed by atoms with van der Waals surface area (Å²) in [5.41, 5.74) is 1.37. The molecule has 2 aliphatic heterocycles. The Bertz CT molecular complexity index is 991. The molecule has 3 atom stereocenters. The molecule has 8 nitrogen and oxygen atoms in total. The van der Waals surface area contributed by atoms with Crippen molar-refractivity contribution in [2.24, 2.45) is 5.41 Å². The zero-order chi connectivity index (χ0) is 19.7. The molecule has 2 bridgehead atoms. The summed E-state index contributed by atoms with van der Waals surface area (Å²) in [4.78, 5) is 26.0. The fraction of sp³-hybridized carbons (Fsp3) is 0.381. The maximum atomic E-state index is 13.4. The van der Waals surface area contributed by atoms with Gasteiger partial charge in [0.15, 0.2) is 0 Å². The standard InChI is InChI=1S/C21H23N7O/c29-20(24-13-18-26-19(28-27-18)16-12-22-8-9-23-16)21(10-14-4-2-1-3-5-14)11-15-6-7-17(21)25-15/h1-5,8-9,12,15,17,25H,6-7,10-11,13H2,(H,24,29)(H,26,27,28)/t15-,17+,21+/m0/s1. The van der Waals surface area contributed by atoms with Crippen LogP contribution in [-0.2, 0) is 17.8 Å². The van der Waals surface area contributed by atoms with Crippen LogP contribution in [0.4, 0.5) is 0 Å². The second-order valence-corrected chi connectivity index (χ2v) is 7.90. The number of aromatic nitrogens is 5. The number of nitrogens with zero attached hydrogens (tertiary/aromatic N) is 4. The van der Waals surface area contributed by atoms with Gasteiger partial charge in [-0.15, -0.1) is 0 Å². The Balaban J connectivity index is 1.31. The Kier molecular flexibility index (Phi) is 4.55. The van der Waals surface area contributed by atoms with Crippen molar-refractivity contribution in [3.05, 3.63) is 60.3 Å². The van der Waals surface area contributed by atoms with Crippen molar-refractivity contribution in [2.45, 2.75) is 44.3 Å². The lowest BCUT2D eigenvalue weighted by Crippen LogP contribution is -2.49. The van der Waals surface area contributed by atoms with Crippen LogP contribution in [-0.4, -0.2) is 43.1 Å². The SMILES string of the molecule is O=C(NCc1nc(-c2cnccn2)n[nH]1)[C@]1(Cc2ccccc2)C[C@@H]2CC[C@H]1N2. The van der Waals surface area contributed by atoms with Crippen molar-refractivity contribution in [3.63, 3.8) is 0 Å². The molecule has 0 radical (unpaired) electrons. The predicted molar refractivity (Wildman–Crippen MR) is 106 cm³/mol. The first kappa shape index (κ1) is 17.9. The minimum Gasteiger partial charge on any atom is -0.348 e. The number of H-pyrrole nitrogens is 1. The van der Waals surface area contributed by atoms with Crippen LogP contribution in [0.5, 0.6) is 0 Å². The summed E-state index contributed by atoms with van der Waals surface area (Å²) >= 11 is 0. The molecule has 5 rings (SSSR count). The Morgan fingerprint density at radius 3 is 2.83 bits per heavy atom. The molecule has 2 fully saturated rings. The Hall–Kier alpha value is -3.13. The lowest BCUT2D eigenvalue weighted by molar-refractivity contribution is -0.132. The minimum atomic E-state index is -0.419. The van der Waals surface area contributed by atoms with E-state index in [1.54, 1.807) is 18.6 Å². The number of hydrogen-bond acceptors (Lipinski definition) is 6. The number of carbonyl (C=O) groups is 1. The molecule has 29 heavy (non-hydrogen) atoms. The first-order chi connectivity index (χ1) is 14.2. The summed E-state index contributed by atoms with van der Waals surface area (Å²) in [5, 5.41) is 13.8. The van der Waals surface area contributed by atoms with Crippen LogP contribution < -0.4 is 10.6 Å². The van der Waals surface area contributed by atoms with Gasteiger partial charge in [-0.1, -0.05) is 30.3 Å². The summed E-state index contributed by atoms with van der Waals surface area (Å²) in [7, 11) is 0. The summed E-state index contributed by atoms with van der Waals surface area (Å²) in [6, 6.07) is 10.9. The minimum absolute atomic E-state index is 0.0819. The van der Waals surface area contributed by atoms with Gasteiger partial charge in [0, 0.05) is 24.5 Å². The monoisotopic (exact) mass is 389 g/mol. The third kappa shape index (κ3) is 3.40. The van der Waals surface area contributed by atoms with Crippen molar-refractivity contribution in [3.8, 4) is 11.5 Å². The fourth-order valence-corrected chi connectivity index (χ4v) is 4.73. The number of fused-ring (bicyclic) bond motifs is 2. The average molecular weight is 389 g/mol. The van der Waals surface area contributed by atoms with E-state index < -0.39 is 5.41 Å². The van der Waals surface area contributed by atoms with E-state index in [1.165, 1.54) is 5.56 Å². The summed E-state index contributed by atoms with van der Waals surface area (Å²) in [6.45, 7) is 0.306. The first-order valence-electron chi connectivity index (χ1n) is 9.99. The number of amides is 1. The van der Waals surface area contributed by atoms with Crippen LogP contribution in [0.3, 0.4) is 0 Å². The molecule has 3 N–H and O–H groups in total. The fourth-order valence-electron chi connectivity index (χ4n) is 4.73. The Labute approximate surface area is 168 Å². The summed E-state index contributed by atoms with van der Waals surface area (Å²) < 4.78 is 0. The molecule has 2 aromatic heterocycles. The predicted octanol–water partition coefficient (Wildman–Crippen LogP) is 1.63. The van der Waals surface area contributed by atoms with Crippen LogP contribution in [0, 0.1) is 5.41 Å². The van der Waals surface area contributed by atoms with Crippen molar-refractivity contribution in [1.29, 1.82) is 0 Å². The molecule has 0 unspecified atom stereocenters. The van der Waals surface area contributed by atoms with E-state index in [0.717, 1.165) is 25.7 Å².